The van der Waals surface area contributed by atoms with Crippen molar-refractivity contribution in [2.45, 2.75) is 19.3 Å². The molecule has 6 nitrogen and oxygen atoms in total. The van der Waals surface area contributed by atoms with Crippen LogP contribution in [0.2, 0.25) is 0 Å². The van der Waals surface area contributed by atoms with Gasteiger partial charge in [0.1, 0.15) is 0 Å². The largest absolute Gasteiger partial charge is 0.481 e. The van der Waals surface area contributed by atoms with E-state index in [-0.39, 0.29) is 12.5 Å². The number of nitrogens with one attached hydrogen (secondary N) is 1. The molecule has 2 N–H and O–H groups in total. The zero-order valence-corrected chi connectivity index (χ0v) is 11.9. The Morgan fingerprint density at radius 2 is 1.95 bits per heavy atom. The minimum atomic E-state index is -0.809. The van der Waals surface area contributed by atoms with Crippen molar-refractivity contribution in [3.8, 4) is 0 Å². The quantitative estimate of drug-likeness (QED) is 0.889. The van der Waals surface area contributed by atoms with E-state index in [2.05, 4.69) is 5.32 Å². The fourth-order valence-electron chi connectivity index (χ4n) is 2.16. The summed E-state index contributed by atoms with van der Waals surface area (Å²) < 4.78 is 5.32. The molecule has 1 heterocycles. The summed E-state index contributed by atoms with van der Waals surface area (Å²) in [5.74, 6) is -0.809. The number of hydrogen-bond acceptors (Lipinski definition) is 3. The highest BCUT2D eigenvalue weighted by atomic mass is 16.5. The molecule has 1 aromatic carbocycles. The molecule has 0 unspecified atom stereocenters. The van der Waals surface area contributed by atoms with E-state index in [1.165, 1.54) is 0 Å². The van der Waals surface area contributed by atoms with E-state index in [4.69, 9.17) is 9.84 Å². The maximum atomic E-state index is 12.1. The van der Waals surface area contributed by atoms with Gasteiger partial charge in [-0.25, -0.2) is 4.79 Å². The first kappa shape index (κ1) is 15.3. The van der Waals surface area contributed by atoms with Crippen LogP contribution in [0.3, 0.4) is 0 Å². The topological polar surface area (TPSA) is 78.9 Å². The van der Waals surface area contributed by atoms with Gasteiger partial charge in [-0.05, 0) is 30.5 Å². The SMILES string of the molecule is O=C(O)CCc1ccc(NC(=O)N2CCCOCC2)cc1. The molecule has 6 heteroatoms. The van der Waals surface area contributed by atoms with Crippen LogP contribution in [0.4, 0.5) is 10.5 Å². The minimum absolute atomic E-state index is 0.111. The highest BCUT2D eigenvalue weighted by molar-refractivity contribution is 5.89. The summed E-state index contributed by atoms with van der Waals surface area (Å²) in [5.41, 5.74) is 1.66. The van der Waals surface area contributed by atoms with Crippen molar-refractivity contribution < 1.29 is 19.4 Å². The normalized spacial score (nSPS) is 15.3. The summed E-state index contributed by atoms with van der Waals surface area (Å²) >= 11 is 0. The van der Waals surface area contributed by atoms with Crippen LogP contribution in [-0.2, 0) is 16.0 Å². The van der Waals surface area contributed by atoms with Crippen molar-refractivity contribution in [2.24, 2.45) is 0 Å². The summed E-state index contributed by atoms with van der Waals surface area (Å²) in [6.45, 7) is 2.56. The Hall–Kier alpha value is -2.08. The molecule has 0 bridgehead atoms. The molecule has 1 aliphatic heterocycles. The van der Waals surface area contributed by atoms with Gasteiger partial charge < -0.3 is 20.1 Å². The maximum Gasteiger partial charge on any atom is 0.321 e. The molecule has 0 radical (unpaired) electrons. The molecule has 2 amide bonds. The Balaban J connectivity index is 1.87. The fourth-order valence-corrected chi connectivity index (χ4v) is 2.16. The number of carboxylic acid groups (broad SMARTS) is 1. The van der Waals surface area contributed by atoms with E-state index in [1.807, 2.05) is 12.1 Å². The lowest BCUT2D eigenvalue weighted by molar-refractivity contribution is -0.136. The smallest absolute Gasteiger partial charge is 0.321 e. The summed E-state index contributed by atoms with van der Waals surface area (Å²) in [5, 5.41) is 11.5. The standard InChI is InChI=1S/C15H20N2O4/c18-14(19)7-4-12-2-5-13(6-3-12)16-15(20)17-8-1-10-21-11-9-17/h2-3,5-6H,1,4,7-11H2,(H,16,20)(H,18,19). The van der Waals surface area contributed by atoms with E-state index < -0.39 is 5.97 Å². The molecule has 1 fully saturated rings. The van der Waals surface area contributed by atoms with Gasteiger partial charge in [-0.3, -0.25) is 4.79 Å². The van der Waals surface area contributed by atoms with Crippen LogP contribution in [0.25, 0.3) is 0 Å². The number of urea groups is 1. The van der Waals surface area contributed by atoms with Gasteiger partial charge in [0.15, 0.2) is 0 Å². The molecule has 1 saturated heterocycles. The predicted octanol–water partition coefficient (Wildman–Crippen LogP) is 1.96. The highest BCUT2D eigenvalue weighted by Crippen LogP contribution is 2.12. The van der Waals surface area contributed by atoms with Gasteiger partial charge in [0.25, 0.3) is 0 Å². The molecule has 0 aromatic heterocycles. The zero-order valence-electron chi connectivity index (χ0n) is 11.9. The number of benzene rings is 1. The number of anilines is 1. The molecule has 0 atom stereocenters. The van der Waals surface area contributed by atoms with E-state index in [1.54, 1.807) is 17.0 Å². The second-order valence-corrected chi connectivity index (χ2v) is 4.97. The van der Waals surface area contributed by atoms with Gasteiger partial charge >= 0.3 is 12.0 Å². The van der Waals surface area contributed by atoms with Crippen LogP contribution < -0.4 is 5.32 Å². The summed E-state index contributed by atoms with van der Waals surface area (Å²) in [7, 11) is 0. The fraction of sp³-hybridized carbons (Fsp3) is 0.467. The van der Waals surface area contributed by atoms with E-state index in [9.17, 15) is 9.59 Å². The lowest BCUT2D eigenvalue weighted by Crippen LogP contribution is -2.36. The molecule has 21 heavy (non-hydrogen) atoms. The molecule has 0 aliphatic carbocycles. The van der Waals surface area contributed by atoms with Gasteiger partial charge in [0.2, 0.25) is 0 Å². The van der Waals surface area contributed by atoms with Crippen LogP contribution in [-0.4, -0.2) is 48.3 Å². The Morgan fingerprint density at radius 1 is 1.19 bits per heavy atom. The second kappa shape index (κ2) is 7.64. The molecule has 0 saturated carbocycles. The van der Waals surface area contributed by atoms with Crippen molar-refractivity contribution in [3.05, 3.63) is 29.8 Å². The van der Waals surface area contributed by atoms with Crippen molar-refractivity contribution in [2.75, 3.05) is 31.6 Å². The molecule has 1 aliphatic rings. The van der Waals surface area contributed by atoms with Crippen LogP contribution >= 0.6 is 0 Å². The average Bonchev–Trinajstić information content (AvgIpc) is 2.75. The van der Waals surface area contributed by atoms with Crippen molar-refractivity contribution in [1.82, 2.24) is 4.90 Å². The monoisotopic (exact) mass is 292 g/mol. The van der Waals surface area contributed by atoms with E-state index in [0.29, 0.717) is 38.4 Å². The van der Waals surface area contributed by atoms with Gasteiger partial charge in [0.05, 0.1) is 6.61 Å². The number of amides is 2. The second-order valence-electron chi connectivity index (χ2n) is 4.97. The number of carbonyl (C=O) groups is 2. The molecule has 114 valence electrons. The number of rotatable bonds is 4. The van der Waals surface area contributed by atoms with E-state index in [0.717, 1.165) is 12.0 Å². The lowest BCUT2D eigenvalue weighted by Gasteiger charge is -2.20. The third kappa shape index (κ3) is 5.07. The summed E-state index contributed by atoms with van der Waals surface area (Å²) in [6, 6.07) is 7.14. The van der Waals surface area contributed by atoms with Crippen molar-refractivity contribution in [3.63, 3.8) is 0 Å². The highest BCUT2D eigenvalue weighted by Gasteiger charge is 2.15. The number of hydrogen-bond donors (Lipinski definition) is 2. The van der Waals surface area contributed by atoms with Crippen LogP contribution in [0, 0.1) is 0 Å². The first-order valence-electron chi connectivity index (χ1n) is 7.09. The van der Waals surface area contributed by atoms with Gasteiger partial charge in [-0.1, -0.05) is 12.1 Å². The number of carboxylic acids is 1. The van der Waals surface area contributed by atoms with E-state index >= 15 is 0 Å². The number of aryl methyl sites for hydroxylation is 1. The third-order valence-electron chi connectivity index (χ3n) is 3.34. The Morgan fingerprint density at radius 3 is 2.67 bits per heavy atom. The van der Waals surface area contributed by atoms with Gasteiger partial charge in [-0.15, -0.1) is 0 Å². The number of nitrogens with zero attached hydrogens (tertiary/aromatic N) is 1. The van der Waals surface area contributed by atoms with Crippen LogP contribution in [0.5, 0.6) is 0 Å². The van der Waals surface area contributed by atoms with Gasteiger partial charge in [-0.2, -0.15) is 0 Å². The number of aliphatic carboxylic acids is 1. The number of carbonyl (C=O) groups excluding carboxylic acids is 1. The Kier molecular flexibility index (Phi) is 5.57. The molecular weight excluding hydrogens is 272 g/mol. The maximum absolute atomic E-state index is 12.1. The Labute approximate surface area is 123 Å². The molecule has 1 aromatic rings. The zero-order chi connectivity index (χ0) is 15.1. The third-order valence-corrected chi connectivity index (χ3v) is 3.34. The van der Waals surface area contributed by atoms with Gasteiger partial charge in [0, 0.05) is 31.8 Å². The van der Waals surface area contributed by atoms with Crippen molar-refractivity contribution >= 4 is 17.7 Å². The van der Waals surface area contributed by atoms with Crippen molar-refractivity contribution in [1.29, 1.82) is 0 Å². The number of ether oxygens (including phenoxy) is 1. The average molecular weight is 292 g/mol. The molecule has 0 spiro atoms. The first-order valence-corrected chi connectivity index (χ1v) is 7.09. The molecule has 2 rings (SSSR count). The molecular formula is C15H20N2O4. The predicted molar refractivity (Wildman–Crippen MR) is 78.4 cm³/mol. The summed E-state index contributed by atoms with van der Waals surface area (Å²) in [4.78, 5) is 24.4. The summed E-state index contributed by atoms with van der Waals surface area (Å²) in [6.07, 6.45) is 1.45. The van der Waals surface area contributed by atoms with Crippen LogP contribution in [0.1, 0.15) is 18.4 Å². The van der Waals surface area contributed by atoms with Crippen LogP contribution in [0.15, 0.2) is 24.3 Å². The Bertz CT molecular complexity index is 479. The minimum Gasteiger partial charge on any atom is -0.481 e. The first-order chi connectivity index (χ1) is 10.1. The lowest BCUT2D eigenvalue weighted by atomic mass is 10.1.